The summed E-state index contributed by atoms with van der Waals surface area (Å²) in [7, 11) is -2.88. The first-order chi connectivity index (χ1) is 12.6. The smallest absolute Gasteiger partial charge is 0.148 e. The third kappa shape index (κ3) is 5.67. The lowest BCUT2D eigenvalue weighted by molar-refractivity contribution is 0.177. The van der Waals surface area contributed by atoms with E-state index in [-0.39, 0.29) is 5.75 Å². The lowest BCUT2D eigenvalue weighted by atomic mass is 9.76. The van der Waals surface area contributed by atoms with E-state index < -0.39 is 9.84 Å². The average molecular weight is 394 g/mol. The minimum absolute atomic E-state index is 0.257. The Hall–Kier alpha value is -1.14. The van der Waals surface area contributed by atoms with Crippen LogP contribution in [0.2, 0.25) is 0 Å². The van der Waals surface area contributed by atoms with Gasteiger partial charge in [0.25, 0.3) is 0 Å². The van der Waals surface area contributed by atoms with Crippen LogP contribution in [0.25, 0.3) is 0 Å². The van der Waals surface area contributed by atoms with Gasteiger partial charge in [0, 0.05) is 12.8 Å². The fourth-order valence-electron chi connectivity index (χ4n) is 4.35. The largest absolute Gasteiger partial charge is 0.397 e. The summed E-state index contributed by atoms with van der Waals surface area (Å²) in [5.74, 6) is 0.826. The van der Waals surface area contributed by atoms with Gasteiger partial charge in [0.1, 0.15) is 9.84 Å². The maximum atomic E-state index is 11.4. The van der Waals surface area contributed by atoms with Crippen LogP contribution in [0.3, 0.4) is 0 Å². The Morgan fingerprint density at radius 1 is 1.26 bits per heavy atom. The number of nitrogens with zero attached hydrogens (tertiary/aromatic N) is 2. The molecule has 3 aliphatic rings. The van der Waals surface area contributed by atoms with Crippen LogP contribution in [-0.4, -0.2) is 56.7 Å². The highest BCUT2D eigenvalue weighted by atomic mass is 32.2. The van der Waals surface area contributed by atoms with Gasteiger partial charge in [-0.1, -0.05) is 26.0 Å². The quantitative estimate of drug-likeness (QED) is 0.779. The number of nitrogens with two attached hydrogens (primary N) is 1. The average Bonchev–Trinajstić information content (AvgIpc) is 2.61. The van der Waals surface area contributed by atoms with Crippen LogP contribution in [0.4, 0.5) is 0 Å². The third-order valence-electron chi connectivity index (χ3n) is 6.38. The predicted octanol–water partition coefficient (Wildman–Crippen LogP) is 2.94. The maximum absolute atomic E-state index is 11.4. The molecule has 5 nitrogen and oxygen atoms in total. The fraction of sp³-hybridized carbons (Fsp3) is 0.762. The zero-order valence-electron chi connectivity index (χ0n) is 17.1. The molecule has 1 unspecified atom stereocenters. The van der Waals surface area contributed by atoms with Crippen LogP contribution in [0.15, 0.2) is 28.4 Å². The van der Waals surface area contributed by atoms with Gasteiger partial charge in [-0.25, -0.2) is 8.42 Å². The van der Waals surface area contributed by atoms with Gasteiger partial charge in [0.05, 0.1) is 23.2 Å². The second kappa shape index (κ2) is 8.08. The van der Waals surface area contributed by atoms with E-state index in [0.717, 1.165) is 56.6 Å². The molecular weight excluding hydrogens is 358 g/mol. The Morgan fingerprint density at radius 2 is 1.96 bits per heavy atom. The van der Waals surface area contributed by atoms with Crippen LogP contribution in [0.1, 0.15) is 52.4 Å². The molecule has 2 N–H and O–H groups in total. The Morgan fingerprint density at radius 3 is 2.56 bits per heavy atom. The molecule has 0 spiro atoms. The topological polar surface area (TPSA) is 75.8 Å². The molecular formula is C21H35N3O2S. The van der Waals surface area contributed by atoms with Crippen molar-refractivity contribution < 1.29 is 8.42 Å². The molecule has 2 aliphatic heterocycles. The SMILES string of the molecule is CC1(C)CC=C(C2=NC(C3CCN(CCS(C)(=O)=O)CC3)CC=C2N)CC1. The van der Waals surface area contributed by atoms with Crippen molar-refractivity contribution in [3.63, 3.8) is 0 Å². The first-order valence-electron chi connectivity index (χ1n) is 10.3. The maximum Gasteiger partial charge on any atom is 0.148 e. The lowest BCUT2D eigenvalue weighted by Gasteiger charge is -2.36. The molecule has 1 atom stereocenters. The van der Waals surface area contributed by atoms with Crippen molar-refractivity contribution in [2.75, 3.05) is 31.6 Å². The van der Waals surface area contributed by atoms with Crippen molar-refractivity contribution in [3.05, 3.63) is 23.4 Å². The normalized spacial score (nSPS) is 27.7. The van der Waals surface area contributed by atoms with Crippen molar-refractivity contribution in [2.45, 2.75) is 58.4 Å². The number of rotatable bonds is 5. The first kappa shape index (κ1) is 20.6. The van der Waals surface area contributed by atoms with Gasteiger partial charge in [-0.2, -0.15) is 0 Å². The Balaban J connectivity index is 1.60. The summed E-state index contributed by atoms with van der Waals surface area (Å²) >= 11 is 0. The van der Waals surface area contributed by atoms with E-state index in [2.05, 4.69) is 30.9 Å². The van der Waals surface area contributed by atoms with E-state index in [1.54, 1.807) is 0 Å². The molecule has 0 saturated carbocycles. The highest BCUT2D eigenvalue weighted by Gasteiger charge is 2.30. The van der Waals surface area contributed by atoms with Crippen molar-refractivity contribution in [3.8, 4) is 0 Å². The molecule has 0 aromatic carbocycles. The van der Waals surface area contributed by atoms with Crippen LogP contribution < -0.4 is 5.73 Å². The molecule has 2 heterocycles. The van der Waals surface area contributed by atoms with Crippen molar-refractivity contribution >= 4 is 15.5 Å². The zero-order chi connectivity index (χ0) is 19.7. The number of hydrogen-bond acceptors (Lipinski definition) is 5. The molecule has 1 aliphatic carbocycles. The molecule has 6 heteroatoms. The van der Waals surface area contributed by atoms with Gasteiger partial charge in [-0.05, 0) is 68.5 Å². The number of allylic oxidation sites excluding steroid dienone is 2. The summed E-state index contributed by atoms with van der Waals surface area (Å²) in [5, 5.41) is 0. The van der Waals surface area contributed by atoms with Gasteiger partial charge in [-0.3, -0.25) is 4.99 Å². The molecule has 152 valence electrons. The summed E-state index contributed by atoms with van der Waals surface area (Å²) in [5.41, 5.74) is 9.90. The summed E-state index contributed by atoms with van der Waals surface area (Å²) in [6.45, 7) is 7.24. The fourth-order valence-corrected chi connectivity index (χ4v) is 4.94. The minimum Gasteiger partial charge on any atom is -0.397 e. The van der Waals surface area contributed by atoms with Gasteiger partial charge < -0.3 is 10.6 Å². The number of hydrogen-bond donors (Lipinski definition) is 1. The number of likely N-dealkylation sites (tertiary alicyclic amines) is 1. The number of dihydropyridines is 1. The highest BCUT2D eigenvalue weighted by molar-refractivity contribution is 7.90. The first-order valence-corrected chi connectivity index (χ1v) is 12.3. The molecule has 0 aromatic heterocycles. The molecule has 0 aromatic rings. The van der Waals surface area contributed by atoms with Crippen LogP contribution in [0, 0.1) is 11.3 Å². The van der Waals surface area contributed by atoms with E-state index in [1.165, 1.54) is 18.2 Å². The van der Waals surface area contributed by atoms with Crippen molar-refractivity contribution in [1.82, 2.24) is 4.90 Å². The highest BCUT2D eigenvalue weighted by Crippen LogP contribution is 2.36. The summed E-state index contributed by atoms with van der Waals surface area (Å²) in [6.07, 6.45) is 12.3. The Bertz CT molecular complexity index is 741. The van der Waals surface area contributed by atoms with E-state index in [0.29, 0.717) is 23.9 Å². The molecule has 1 fully saturated rings. The Kier molecular flexibility index (Phi) is 6.16. The Labute approximate surface area is 164 Å². The van der Waals surface area contributed by atoms with Gasteiger partial charge in [0.15, 0.2) is 0 Å². The molecule has 0 bridgehead atoms. The van der Waals surface area contributed by atoms with Crippen LogP contribution in [-0.2, 0) is 9.84 Å². The molecule has 3 rings (SSSR count). The second-order valence-corrected chi connectivity index (χ2v) is 11.6. The molecule has 0 radical (unpaired) electrons. The van der Waals surface area contributed by atoms with Crippen molar-refractivity contribution in [1.29, 1.82) is 0 Å². The van der Waals surface area contributed by atoms with Crippen LogP contribution in [0.5, 0.6) is 0 Å². The third-order valence-corrected chi connectivity index (χ3v) is 7.30. The second-order valence-electron chi connectivity index (χ2n) is 9.35. The summed E-state index contributed by atoms with van der Waals surface area (Å²) in [4.78, 5) is 7.39. The number of aliphatic imine (C=N–C) groups is 1. The predicted molar refractivity (Wildman–Crippen MR) is 113 cm³/mol. The van der Waals surface area contributed by atoms with Crippen LogP contribution >= 0.6 is 0 Å². The monoisotopic (exact) mass is 393 g/mol. The van der Waals surface area contributed by atoms with Gasteiger partial charge in [-0.15, -0.1) is 0 Å². The standard InChI is InChI=1S/C21H35N3O2S/c1-21(2)10-6-17(7-11-21)20-18(22)4-5-19(23-20)16-8-12-24(13-9-16)14-15-27(3,25)26/h4,6,16,19H,5,7-15,22H2,1-3H3. The zero-order valence-corrected chi connectivity index (χ0v) is 17.9. The van der Waals surface area contributed by atoms with Gasteiger partial charge in [0.2, 0.25) is 0 Å². The summed E-state index contributed by atoms with van der Waals surface area (Å²) in [6, 6.07) is 0.320. The molecule has 27 heavy (non-hydrogen) atoms. The minimum atomic E-state index is -2.88. The lowest BCUT2D eigenvalue weighted by Crippen LogP contribution is -2.40. The summed E-state index contributed by atoms with van der Waals surface area (Å²) < 4.78 is 22.7. The van der Waals surface area contributed by atoms with Crippen molar-refractivity contribution in [2.24, 2.45) is 22.1 Å². The van der Waals surface area contributed by atoms with E-state index in [9.17, 15) is 8.42 Å². The van der Waals surface area contributed by atoms with E-state index >= 15 is 0 Å². The number of piperidine rings is 1. The van der Waals surface area contributed by atoms with E-state index in [4.69, 9.17) is 10.7 Å². The van der Waals surface area contributed by atoms with E-state index in [1.807, 2.05) is 0 Å². The van der Waals surface area contributed by atoms with Gasteiger partial charge >= 0.3 is 0 Å². The number of sulfone groups is 1. The molecule has 1 saturated heterocycles. The molecule has 0 amide bonds.